The standard InChI is InChI=1S/C14H14ClNO2/c1-10-5-6-13(18-10)7-8-16-14(17)11-3-2-4-12(15)9-11/h2-6,9H,7-8H2,1H3,(H,16,17). The van der Waals surface area contributed by atoms with Crippen molar-refractivity contribution in [3.05, 3.63) is 58.5 Å². The summed E-state index contributed by atoms with van der Waals surface area (Å²) < 4.78 is 5.42. The molecule has 0 aliphatic carbocycles. The second-order valence-electron chi connectivity index (χ2n) is 4.03. The van der Waals surface area contributed by atoms with Crippen LogP contribution in [-0.2, 0) is 6.42 Å². The quantitative estimate of drug-likeness (QED) is 0.920. The average molecular weight is 264 g/mol. The smallest absolute Gasteiger partial charge is 0.251 e. The molecule has 0 unspecified atom stereocenters. The molecule has 0 saturated carbocycles. The lowest BCUT2D eigenvalue weighted by molar-refractivity contribution is 0.0953. The molecule has 2 rings (SSSR count). The summed E-state index contributed by atoms with van der Waals surface area (Å²) in [6, 6.07) is 10.7. The maximum absolute atomic E-state index is 11.8. The van der Waals surface area contributed by atoms with E-state index >= 15 is 0 Å². The van der Waals surface area contributed by atoms with Crippen molar-refractivity contribution in [3.63, 3.8) is 0 Å². The van der Waals surface area contributed by atoms with Crippen molar-refractivity contribution in [2.75, 3.05) is 6.54 Å². The van der Waals surface area contributed by atoms with Crippen molar-refractivity contribution in [2.45, 2.75) is 13.3 Å². The largest absolute Gasteiger partial charge is 0.466 e. The normalized spacial score (nSPS) is 10.3. The van der Waals surface area contributed by atoms with Gasteiger partial charge in [0.25, 0.3) is 5.91 Å². The molecule has 0 saturated heterocycles. The molecule has 0 radical (unpaired) electrons. The van der Waals surface area contributed by atoms with Gasteiger partial charge < -0.3 is 9.73 Å². The molecule has 1 heterocycles. The molecule has 0 atom stereocenters. The van der Waals surface area contributed by atoms with E-state index in [1.54, 1.807) is 24.3 Å². The first-order valence-corrected chi connectivity index (χ1v) is 6.12. The molecule has 3 nitrogen and oxygen atoms in total. The predicted molar refractivity (Wildman–Crippen MR) is 70.9 cm³/mol. The average Bonchev–Trinajstić information content (AvgIpc) is 2.75. The summed E-state index contributed by atoms with van der Waals surface area (Å²) in [7, 11) is 0. The van der Waals surface area contributed by atoms with Crippen molar-refractivity contribution in [3.8, 4) is 0 Å². The number of halogens is 1. The second kappa shape index (κ2) is 5.74. The fourth-order valence-corrected chi connectivity index (χ4v) is 1.84. The molecule has 2 aromatic rings. The van der Waals surface area contributed by atoms with E-state index in [-0.39, 0.29) is 5.91 Å². The van der Waals surface area contributed by atoms with Crippen LogP contribution in [0.3, 0.4) is 0 Å². The zero-order valence-corrected chi connectivity index (χ0v) is 10.8. The van der Waals surface area contributed by atoms with Gasteiger partial charge in [0.05, 0.1) is 0 Å². The Morgan fingerprint density at radius 3 is 2.83 bits per heavy atom. The number of furan rings is 1. The minimum atomic E-state index is -0.124. The first-order chi connectivity index (χ1) is 8.65. The maximum atomic E-state index is 11.8. The molecule has 18 heavy (non-hydrogen) atoms. The first kappa shape index (κ1) is 12.7. The number of amides is 1. The molecular weight excluding hydrogens is 250 g/mol. The number of aryl methyl sites for hydroxylation is 1. The van der Waals surface area contributed by atoms with Gasteiger partial charge in [0.2, 0.25) is 0 Å². The summed E-state index contributed by atoms with van der Waals surface area (Å²) in [5.41, 5.74) is 0.568. The Bertz CT molecular complexity index is 548. The second-order valence-corrected chi connectivity index (χ2v) is 4.47. The Hall–Kier alpha value is -1.74. The van der Waals surface area contributed by atoms with Crippen LogP contribution in [0, 0.1) is 6.92 Å². The summed E-state index contributed by atoms with van der Waals surface area (Å²) >= 11 is 5.83. The third-order valence-electron chi connectivity index (χ3n) is 2.54. The van der Waals surface area contributed by atoms with Gasteiger partial charge in [0.15, 0.2) is 0 Å². The highest BCUT2D eigenvalue weighted by Crippen LogP contribution is 2.10. The lowest BCUT2D eigenvalue weighted by Gasteiger charge is -2.04. The van der Waals surface area contributed by atoms with Crippen molar-refractivity contribution in [2.24, 2.45) is 0 Å². The molecule has 1 N–H and O–H groups in total. The molecule has 1 aromatic heterocycles. The van der Waals surface area contributed by atoms with Gasteiger partial charge in [-0.1, -0.05) is 17.7 Å². The summed E-state index contributed by atoms with van der Waals surface area (Å²) in [5.74, 6) is 1.63. The van der Waals surface area contributed by atoms with E-state index in [9.17, 15) is 4.79 Å². The van der Waals surface area contributed by atoms with Crippen LogP contribution >= 0.6 is 11.6 Å². The van der Waals surface area contributed by atoms with E-state index in [1.807, 2.05) is 19.1 Å². The molecule has 1 aromatic carbocycles. The van der Waals surface area contributed by atoms with E-state index in [4.69, 9.17) is 16.0 Å². The van der Waals surface area contributed by atoms with Gasteiger partial charge in [-0.05, 0) is 37.3 Å². The van der Waals surface area contributed by atoms with E-state index in [1.165, 1.54) is 0 Å². The lowest BCUT2D eigenvalue weighted by atomic mass is 10.2. The van der Waals surface area contributed by atoms with E-state index in [2.05, 4.69) is 5.32 Å². The number of nitrogens with one attached hydrogen (secondary N) is 1. The van der Waals surface area contributed by atoms with Crippen molar-refractivity contribution >= 4 is 17.5 Å². The highest BCUT2D eigenvalue weighted by Gasteiger charge is 2.05. The molecule has 0 fully saturated rings. The van der Waals surface area contributed by atoms with E-state index in [0.29, 0.717) is 23.6 Å². The molecular formula is C14H14ClNO2. The van der Waals surface area contributed by atoms with Crippen molar-refractivity contribution < 1.29 is 9.21 Å². The van der Waals surface area contributed by atoms with Gasteiger partial charge in [0, 0.05) is 23.6 Å². The van der Waals surface area contributed by atoms with Crippen molar-refractivity contribution in [1.29, 1.82) is 0 Å². The predicted octanol–water partition coefficient (Wildman–Crippen LogP) is 3.21. The lowest BCUT2D eigenvalue weighted by Crippen LogP contribution is -2.25. The van der Waals surface area contributed by atoms with Gasteiger partial charge in [-0.25, -0.2) is 0 Å². The zero-order valence-electron chi connectivity index (χ0n) is 10.1. The van der Waals surface area contributed by atoms with Crippen molar-refractivity contribution in [1.82, 2.24) is 5.32 Å². The summed E-state index contributed by atoms with van der Waals surface area (Å²) in [4.78, 5) is 11.8. The Morgan fingerprint density at radius 1 is 1.33 bits per heavy atom. The maximum Gasteiger partial charge on any atom is 0.251 e. The number of hydrogen-bond acceptors (Lipinski definition) is 2. The van der Waals surface area contributed by atoms with Crippen LogP contribution in [0.2, 0.25) is 5.02 Å². The van der Waals surface area contributed by atoms with Gasteiger partial charge in [-0.15, -0.1) is 0 Å². The number of carbonyl (C=O) groups excluding carboxylic acids is 1. The highest BCUT2D eigenvalue weighted by molar-refractivity contribution is 6.30. The summed E-state index contributed by atoms with van der Waals surface area (Å²) in [6.45, 7) is 2.44. The number of hydrogen-bond donors (Lipinski definition) is 1. The zero-order chi connectivity index (χ0) is 13.0. The molecule has 0 aliphatic rings. The molecule has 1 amide bonds. The topological polar surface area (TPSA) is 42.2 Å². The molecule has 0 spiro atoms. The Balaban J connectivity index is 1.85. The number of rotatable bonds is 4. The summed E-state index contributed by atoms with van der Waals surface area (Å²) in [6.07, 6.45) is 0.681. The Labute approximate surface area is 111 Å². The van der Waals surface area contributed by atoms with Crippen LogP contribution in [0.15, 0.2) is 40.8 Å². The molecule has 4 heteroatoms. The molecule has 0 bridgehead atoms. The summed E-state index contributed by atoms with van der Waals surface area (Å²) in [5, 5.41) is 3.39. The minimum Gasteiger partial charge on any atom is -0.466 e. The van der Waals surface area contributed by atoms with Gasteiger partial charge in [-0.2, -0.15) is 0 Å². The van der Waals surface area contributed by atoms with Crippen LogP contribution in [-0.4, -0.2) is 12.5 Å². The number of carbonyl (C=O) groups is 1. The van der Waals surface area contributed by atoms with Gasteiger partial charge in [-0.3, -0.25) is 4.79 Å². The minimum absolute atomic E-state index is 0.124. The third kappa shape index (κ3) is 3.37. The fourth-order valence-electron chi connectivity index (χ4n) is 1.65. The SMILES string of the molecule is Cc1ccc(CCNC(=O)c2cccc(Cl)c2)o1. The third-order valence-corrected chi connectivity index (χ3v) is 2.77. The molecule has 94 valence electrons. The first-order valence-electron chi connectivity index (χ1n) is 5.74. The monoisotopic (exact) mass is 263 g/mol. The van der Waals surface area contributed by atoms with Crippen LogP contribution in [0.25, 0.3) is 0 Å². The molecule has 0 aliphatic heterocycles. The van der Waals surface area contributed by atoms with Crippen LogP contribution < -0.4 is 5.32 Å². The van der Waals surface area contributed by atoms with Crippen LogP contribution in [0.4, 0.5) is 0 Å². The van der Waals surface area contributed by atoms with Crippen LogP contribution in [0.1, 0.15) is 21.9 Å². The Morgan fingerprint density at radius 2 is 2.17 bits per heavy atom. The van der Waals surface area contributed by atoms with E-state index in [0.717, 1.165) is 11.5 Å². The van der Waals surface area contributed by atoms with E-state index < -0.39 is 0 Å². The highest BCUT2D eigenvalue weighted by atomic mass is 35.5. The fraction of sp³-hybridized carbons (Fsp3) is 0.214. The van der Waals surface area contributed by atoms with Gasteiger partial charge >= 0.3 is 0 Å². The van der Waals surface area contributed by atoms with Crippen LogP contribution in [0.5, 0.6) is 0 Å². The number of benzene rings is 1. The van der Waals surface area contributed by atoms with Gasteiger partial charge in [0.1, 0.15) is 11.5 Å². The Kier molecular flexibility index (Phi) is 4.05.